The third-order valence-electron chi connectivity index (χ3n) is 2.59. The minimum Gasteiger partial charge on any atom is -0.461 e. The molecule has 0 aliphatic rings. The second-order valence-electron chi connectivity index (χ2n) is 3.77. The van der Waals surface area contributed by atoms with Crippen LogP contribution in [-0.4, -0.2) is 37.0 Å². The Morgan fingerprint density at radius 3 is 3.05 bits per heavy atom. The lowest BCUT2D eigenvalue weighted by molar-refractivity contribution is 0.0515. The van der Waals surface area contributed by atoms with Gasteiger partial charge in [-0.05, 0) is 25.1 Å². The average molecular weight is 257 g/mol. The summed E-state index contributed by atoms with van der Waals surface area (Å²) in [6.07, 6.45) is 4.92. The Bertz CT molecular complexity index is 730. The lowest BCUT2D eigenvalue weighted by Gasteiger charge is -2.06. The number of aromatic nitrogens is 5. The Kier molecular flexibility index (Phi) is 2.71. The number of esters is 1. The summed E-state index contributed by atoms with van der Waals surface area (Å²) in [5.41, 5.74) is 1.07. The number of hydrogen-bond donors (Lipinski definition) is 0. The molecule has 0 bridgehead atoms. The molecule has 0 aliphatic heterocycles. The van der Waals surface area contributed by atoms with Gasteiger partial charge in [0.15, 0.2) is 17.2 Å². The van der Waals surface area contributed by atoms with E-state index >= 15 is 0 Å². The Balaban J connectivity index is 2.06. The number of imidazole rings is 1. The van der Waals surface area contributed by atoms with Crippen LogP contribution in [0.15, 0.2) is 36.8 Å². The predicted molar refractivity (Wildman–Crippen MR) is 66.1 cm³/mol. The molecular weight excluding hydrogens is 246 g/mol. The van der Waals surface area contributed by atoms with Gasteiger partial charge >= 0.3 is 5.97 Å². The van der Waals surface area contributed by atoms with Crippen molar-refractivity contribution in [3.63, 3.8) is 0 Å². The molecule has 3 aromatic heterocycles. The van der Waals surface area contributed by atoms with Crippen LogP contribution in [0.1, 0.15) is 17.4 Å². The first-order valence-electron chi connectivity index (χ1n) is 5.81. The molecule has 7 heteroatoms. The van der Waals surface area contributed by atoms with E-state index in [1.165, 1.54) is 10.9 Å². The molecule has 0 N–H and O–H groups in total. The van der Waals surface area contributed by atoms with E-state index in [0.717, 1.165) is 5.65 Å². The smallest absolute Gasteiger partial charge is 0.357 e. The molecule has 96 valence electrons. The minimum atomic E-state index is -0.424. The first-order valence-corrected chi connectivity index (χ1v) is 5.81. The van der Waals surface area contributed by atoms with Crippen molar-refractivity contribution in [2.45, 2.75) is 6.92 Å². The lowest BCUT2D eigenvalue weighted by Crippen LogP contribution is -2.13. The molecule has 0 aromatic carbocycles. The summed E-state index contributed by atoms with van der Waals surface area (Å²) < 4.78 is 8.03. The lowest BCUT2D eigenvalue weighted by atomic mass is 10.4. The summed E-state index contributed by atoms with van der Waals surface area (Å²) in [6, 6.07) is 5.15. The van der Waals surface area contributed by atoms with Crippen molar-refractivity contribution in [1.29, 1.82) is 0 Å². The fourth-order valence-corrected chi connectivity index (χ4v) is 1.76. The van der Waals surface area contributed by atoms with Gasteiger partial charge in [0.1, 0.15) is 0 Å². The molecule has 7 nitrogen and oxygen atoms in total. The molecule has 3 aromatic rings. The summed E-state index contributed by atoms with van der Waals surface area (Å²) in [5.74, 6) is 0.103. The number of carbonyl (C=O) groups excluding carboxylic acids is 1. The van der Waals surface area contributed by atoms with Crippen LogP contribution in [0.4, 0.5) is 0 Å². The van der Waals surface area contributed by atoms with Gasteiger partial charge in [-0.15, -0.1) is 5.10 Å². The van der Waals surface area contributed by atoms with Gasteiger partial charge in [-0.1, -0.05) is 0 Å². The highest BCUT2D eigenvalue weighted by Crippen LogP contribution is 2.10. The normalized spacial score (nSPS) is 10.8. The van der Waals surface area contributed by atoms with Crippen molar-refractivity contribution < 1.29 is 9.53 Å². The number of nitrogens with zero attached hydrogens (tertiary/aromatic N) is 5. The zero-order chi connectivity index (χ0) is 13.2. The highest BCUT2D eigenvalue weighted by Gasteiger charge is 2.15. The molecule has 0 unspecified atom stereocenters. The molecule has 0 aliphatic carbocycles. The Labute approximate surface area is 108 Å². The van der Waals surface area contributed by atoms with Crippen LogP contribution in [0.25, 0.3) is 11.5 Å². The summed E-state index contributed by atoms with van der Waals surface area (Å²) in [5, 5.41) is 8.43. The SMILES string of the molecule is CCOC(=O)c1ccnn1-c1ccc2nccn2n1. The van der Waals surface area contributed by atoms with E-state index in [-0.39, 0.29) is 0 Å². The standard InChI is InChI=1S/C12H11N5O2/c1-2-19-12(18)9-5-6-14-17(9)11-4-3-10-13-7-8-16(10)15-11/h3-8H,2H2,1H3. The molecule has 0 saturated heterocycles. The monoisotopic (exact) mass is 257 g/mol. The van der Waals surface area contributed by atoms with E-state index in [2.05, 4.69) is 15.2 Å². The quantitative estimate of drug-likeness (QED) is 0.657. The first kappa shape index (κ1) is 11.4. The maximum absolute atomic E-state index is 11.8. The molecule has 0 saturated carbocycles. The van der Waals surface area contributed by atoms with Gasteiger partial charge in [0.2, 0.25) is 0 Å². The van der Waals surface area contributed by atoms with Crippen molar-refractivity contribution in [2.24, 2.45) is 0 Å². The third-order valence-corrected chi connectivity index (χ3v) is 2.59. The first-order chi connectivity index (χ1) is 9.29. The number of carbonyl (C=O) groups is 1. The van der Waals surface area contributed by atoms with Gasteiger partial charge in [0.25, 0.3) is 0 Å². The van der Waals surface area contributed by atoms with Gasteiger partial charge in [-0.3, -0.25) is 0 Å². The highest BCUT2D eigenvalue weighted by molar-refractivity contribution is 5.88. The average Bonchev–Trinajstić information content (AvgIpc) is 3.07. The van der Waals surface area contributed by atoms with Crippen molar-refractivity contribution in [1.82, 2.24) is 24.4 Å². The van der Waals surface area contributed by atoms with Crippen molar-refractivity contribution in [3.8, 4) is 5.82 Å². The van der Waals surface area contributed by atoms with E-state index in [4.69, 9.17) is 4.74 Å². The molecule has 19 heavy (non-hydrogen) atoms. The van der Waals surface area contributed by atoms with Crippen LogP contribution >= 0.6 is 0 Å². The molecule has 0 atom stereocenters. The van der Waals surface area contributed by atoms with E-state index in [0.29, 0.717) is 18.1 Å². The summed E-state index contributed by atoms with van der Waals surface area (Å²) in [7, 11) is 0. The maximum Gasteiger partial charge on any atom is 0.357 e. The fraction of sp³-hybridized carbons (Fsp3) is 0.167. The third kappa shape index (κ3) is 1.95. The van der Waals surface area contributed by atoms with Crippen molar-refractivity contribution in [2.75, 3.05) is 6.61 Å². The Morgan fingerprint density at radius 2 is 2.21 bits per heavy atom. The topological polar surface area (TPSA) is 74.3 Å². The summed E-state index contributed by atoms with van der Waals surface area (Å²) >= 11 is 0. The van der Waals surface area contributed by atoms with Crippen LogP contribution in [-0.2, 0) is 4.74 Å². The van der Waals surface area contributed by atoms with Gasteiger partial charge < -0.3 is 4.74 Å². The van der Waals surface area contributed by atoms with E-state index in [1.807, 2.05) is 0 Å². The molecule has 0 amide bonds. The zero-order valence-corrected chi connectivity index (χ0v) is 10.2. The summed E-state index contributed by atoms with van der Waals surface area (Å²) in [4.78, 5) is 15.9. The number of fused-ring (bicyclic) bond motifs is 1. The summed E-state index contributed by atoms with van der Waals surface area (Å²) in [6.45, 7) is 2.08. The van der Waals surface area contributed by atoms with Crippen molar-refractivity contribution in [3.05, 3.63) is 42.5 Å². The van der Waals surface area contributed by atoms with Crippen molar-refractivity contribution >= 4 is 11.6 Å². The number of ether oxygens (including phenoxy) is 1. The van der Waals surface area contributed by atoms with Crippen LogP contribution in [0, 0.1) is 0 Å². The minimum absolute atomic E-state index is 0.317. The largest absolute Gasteiger partial charge is 0.461 e. The van der Waals surface area contributed by atoms with E-state index < -0.39 is 5.97 Å². The van der Waals surface area contributed by atoms with E-state index in [1.54, 1.807) is 42.0 Å². The van der Waals surface area contributed by atoms with Gasteiger partial charge in [0.05, 0.1) is 12.8 Å². The van der Waals surface area contributed by atoms with E-state index in [9.17, 15) is 4.79 Å². The zero-order valence-electron chi connectivity index (χ0n) is 10.2. The van der Waals surface area contributed by atoms with Gasteiger partial charge in [0, 0.05) is 12.4 Å². The maximum atomic E-state index is 11.8. The second kappa shape index (κ2) is 4.52. The Hall–Kier alpha value is -2.70. The molecule has 3 rings (SSSR count). The van der Waals surface area contributed by atoms with Gasteiger partial charge in [-0.2, -0.15) is 5.10 Å². The highest BCUT2D eigenvalue weighted by atomic mass is 16.5. The molecule has 3 heterocycles. The predicted octanol–water partition coefficient (Wildman–Crippen LogP) is 1.09. The Morgan fingerprint density at radius 1 is 1.32 bits per heavy atom. The van der Waals surface area contributed by atoms with Crippen LogP contribution in [0.2, 0.25) is 0 Å². The number of rotatable bonds is 3. The molecule has 0 radical (unpaired) electrons. The van der Waals surface area contributed by atoms with Crippen LogP contribution in [0.5, 0.6) is 0 Å². The fourth-order valence-electron chi connectivity index (χ4n) is 1.76. The van der Waals surface area contributed by atoms with Gasteiger partial charge in [-0.25, -0.2) is 19.0 Å². The molecule has 0 fully saturated rings. The molecular formula is C12H11N5O2. The number of hydrogen-bond acceptors (Lipinski definition) is 5. The van der Waals surface area contributed by atoms with Crippen LogP contribution in [0.3, 0.4) is 0 Å². The van der Waals surface area contributed by atoms with Crippen LogP contribution < -0.4 is 0 Å². The second-order valence-corrected chi connectivity index (χ2v) is 3.77. The molecule has 0 spiro atoms.